The number of fused-ring (bicyclic) bond motifs is 1. The Morgan fingerprint density at radius 3 is 2.76 bits per heavy atom. The Morgan fingerprint density at radius 1 is 1.41 bits per heavy atom. The molecule has 0 amide bonds. The van der Waals surface area contributed by atoms with Crippen LogP contribution in [0, 0.1) is 0 Å². The van der Waals surface area contributed by atoms with Crippen molar-refractivity contribution in [2.45, 2.75) is 31.1 Å². The summed E-state index contributed by atoms with van der Waals surface area (Å²) in [5, 5.41) is 18.2. The zero-order valence-electron chi connectivity index (χ0n) is 8.99. The first-order valence-corrected chi connectivity index (χ1v) is 5.36. The highest BCUT2D eigenvalue weighted by Crippen LogP contribution is 2.44. The number of carboxylic acid groups (broad SMARTS) is 1. The van der Waals surface area contributed by atoms with Gasteiger partial charge in [-0.1, -0.05) is 12.1 Å². The summed E-state index contributed by atoms with van der Waals surface area (Å²) < 4.78 is 27.1. The van der Waals surface area contributed by atoms with Crippen LogP contribution in [0.4, 0.5) is 8.78 Å². The molecule has 3 nitrogen and oxygen atoms in total. The zero-order chi connectivity index (χ0) is 12.6. The summed E-state index contributed by atoms with van der Waals surface area (Å²) in [6.45, 7) is 0. The molecular weight excluding hydrogens is 230 g/mol. The highest BCUT2D eigenvalue weighted by molar-refractivity contribution is 5.77. The van der Waals surface area contributed by atoms with Crippen LogP contribution in [0.2, 0.25) is 0 Å². The first-order chi connectivity index (χ1) is 7.94. The third-order valence-corrected chi connectivity index (χ3v) is 3.21. The molecule has 2 N–H and O–H groups in total. The maximum absolute atomic E-state index is 13.6. The van der Waals surface area contributed by atoms with Crippen LogP contribution < -0.4 is 0 Å². The van der Waals surface area contributed by atoms with E-state index >= 15 is 0 Å². The van der Waals surface area contributed by atoms with Crippen molar-refractivity contribution in [3.63, 3.8) is 0 Å². The van der Waals surface area contributed by atoms with Gasteiger partial charge in [-0.3, -0.25) is 0 Å². The second-order valence-electron chi connectivity index (χ2n) is 4.22. The van der Waals surface area contributed by atoms with Crippen molar-refractivity contribution in [1.29, 1.82) is 0 Å². The molecule has 1 aliphatic rings. The molecule has 2 rings (SSSR count). The maximum Gasteiger partial charge on any atom is 0.375 e. The molecule has 0 saturated heterocycles. The van der Waals surface area contributed by atoms with E-state index in [9.17, 15) is 18.7 Å². The predicted molar refractivity (Wildman–Crippen MR) is 56.4 cm³/mol. The van der Waals surface area contributed by atoms with Gasteiger partial charge in [0.05, 0.1) is 5.92 Å². The molecule has 0 bridgehead atoms. The first-order valence-electron chi connectivity index (χ1n) is 5.36. The molecule has 0 fully saturated rings. The van der Waals surface area contributed by atoms with Gasteiger partial charge in [0.15, 0.2) is 0 Å². The number of carbonyl (C=O) groups is 1. The SMILES string of the molecule is O=C(O)C(F)(F)C1CCCc2c(O)cccc21. The lowest BCUT2D eigenvalue weighted by Crippen LogP contribution is -2.37. The number of rotatable bonds is 2. The quantitative estimate of drug-likeness (QED) is 0.837. The van der Waals surface area contributed by atoms with Gasteiger partial charge in [0, 0.05) is 0 Å². The maximum atomic E-state index is 13.6. The van der Waals surface area contributed by atoms with Gasteiger partial charge in [0.1, 0.15) is 5.75 Å². The van der Waals surface area contributed by atoms with Crippen LogP contribution in [0.15, 0.2) is 18.2 Å². The fourth-order valence-corrected chi connectivity index (χ4v) is 2.35. The van der Waals surface area contributed by atoms with Crippen molar-refractivity contribution in [3.05, 3.63) is 29.3 Å². The fourth-order valence-electron chi connectivity index (χ4n) is 2.35. The van der Waals surface area contributed by atoms with Crippen LogP contribution in [0.25, 0.3) is 0 Å². The first kappa shape index (κ1) is 11.8. The zero-order valence-corrected chi connectivity index (χ0v) is 8.99. The second kappa shape index (κ2) is 3.98. The van der Waals surface area contributed by atoms with Crippen LogP contribution in [-0.2, 0) is 11.2 Å². The normalized spacial score (nSPS) is 19.8. The van der Waals surface area contributed by atoms with Gasteiger partial charge in [0.2, 0.25) is 0 Å². The molecule has 0 radical (unpaired) electrons. The highest BCUT2D eigenvalue weighted by atomic mass is 19.3. The van der Waals surface area contributed by atoms with Crippen LogP contribution in [-0.4, -0.2) is 22.1 Å². The molecule has 0 spiro atoms. The number of phenolic OH excluding ortho intramolecular Hbond substituents is 1. The lowest BCUT2D eigenvalue weighted by Gasteiger charge is -2.29. The number of aromatic hydroxyl groups is 1. The topological polar surface area (TPSA) is 57.5 Å². The van der Waals surface area contributed by atoms with Crippen molar-refractivity contribution in [3.8, 4) is 5.75 Å². The molecule has 1 aromatic carbocycles. The van der Waals surface area contributed by atoms with Gasteiger partial charge >= 0.3 is 11.9 Å². The summed E-state index contributed by atoms with van der Waals surface area (Å²) in [4.78, 5) is 10.6. The molecule has 1 atom stereocenters. The van der Waals surface area contributed by atoms with E-state index in [0.29, 0.717) is 18.4 Å². The monoisotopic (exact) mass is 242 g/mol. The number of hydrogen-bond acceptors (Lipinski definition) is 2. The molecule has 0 aromatic heterocycles. The molecule has 5 heteroatoms. The number of alkyl halides is 2. The third-order valence-electron chi connectivity index (χ3n) is 3.21. The highest BCUT2D eigenvalue weighted by Gasteiger charge is 2.49. The van der Waals surface area contributed by atoms with Gasteiger partial charge in [-0.25, -0.2) is 4.79 Å². The summed E-state index contributed by atoms with van der Waals surface area (Å²) in [5.41, 5.74) is 0.702. The van der Waals surface area contributed by atoms with E-state index in [2.05, 4.69) is 0 Å². The number of halogens is 2. The van der Waals surface area contributed by atoms with E-state index in [-0.39, 0.29) is 17.7 Å². The molecule has 1 unspecified atom stereocenters. The van der Waals surface area contributed by atoms with Crippen molar-refractivity contribution in [2.75, 3.05) is 0 Å². The number of aliphatic carboxylic acids is 1. The molecular formula is C12H12F2O3. The Kier molecular flexibility index (Phi) is 2.77. The minimum Gasteiger partial charge on any atom is -0.508 e. The van der Waals surface area contributed by atoms with Crippen molar-refractivity contribution in [1.82, 2.24) is 0 Å². The number of carboxylic acids is 1. The minimum absolute atomic E-state index is 0.0339. The lowest BCUT2D eigenvalue weighted by molar-refractivity contribution is -0.169. The van der Waals surface area contributed by atoms with E-state index in [4.69, 9.17) is 5.11 Å². The van der Waals surface area contributed by atoms with Crippen LogP contribution in [0.5, 0.6) is 5.75 Å². The fraction of sp³-hybridized carbons (Fsp3) is 0.417. The summed E-state index contributed by atoms with van der Waals surface area (Å²) in [6.07, 6.45) is 1.09. The van der Waals surface area contributed by atoms with E-state index in [1.165, 1.54) is 18.2 Å². The lowest BCUT2D eigenvalue weighted by atomic mass is 9.79. The van der Waals surface area contributed by atoms with Crippen LogP contribution >= 0.6 is 0 Å². The summed E-state index contributed by atoms with van der Waals surface area (Å²) in [5.74, 6) is -7.29. The van der Waals surface area contributed by atoms with Crippen molar-refractivity contribution >= 4 is 5.97 Å². The Hall–Kier alpha value is -1.65. The summed E-state index contributed by atoms with van der Waals surface area (Å²) in [7, 11) is 0. The Bertz CT molecular complexity index is 457. The van der Waals surface area contributed by atoms with Crippen molar-refractivity contribution in [2.24, 2.45) is 0 Å². The smallest absolute Gasteiger partial charge is 0.375 e. The van der Waals surface area contributed by atoms with Gasteiger partial charge < -0.3 is 10.2 Å². The van der Waals surface area contributed by atoms with Crippen LogP contribution in [0.3, 0.4) is 0 Å². The van der Waals surface area contributed by atoms with Crippen LogP contribution in [0.1, 0.15) is 29.9 Å². The average Bonchev–Trinajstić information content (AvgIpc) is 2.28. The molecule has 1 aromatic rings. The standard InChI is InChI=1S/C12H12F2O3/c13-12(14,11(16)17)9-5-1-4-8-7(9)3-2-6-10(8)15/h2-3,6,9,15H,1,4-5H2,(H,16,17). The van der Waals surface area contributed by atoms with E-state index in [1.54, 1.807) is 0 Å². The molecule has 17 heavy (non-hydrogen) atoms. The summed E-state index contributed by atoms with van der Waals surface area (Å²) >= 11 is 0. The number of phenols is 1. The van der Waals surface area contributed by atoms with Gasteiger partial charge in [0.25, 0.3) is 0 Å². The van der Waals surface area contributed by atoms with E-state index < -0.39 is 17.8 Å². The molecule has 92 valence electrons. The average molecular weight is 242 g/mol. The summed E-state index contributed by atoms with van der Waals surface area (Å²) in [6, 6.07) is 4.36. The van der Waals surface area contributed by atoms with Crippen molar-refractivity contribution < 1.29 is 23.8 Å². The molecule has 0 heterocycles. The second-order valence-corrected chi connectivity index (χ2v) is 4.22. The van der Waals surface area contributed by atoms with E-state index in [1.807, 2.05) is 0 Å². The Labute approximate surface area is 96.7 Å². The predicted octanol–water partition coefficient (Wildman–Crippen LogP) is 2.53. The molecule has 1 aliphatic carbocycles. The van der Waals surface area contributed by atoms with Gasteiger partial charge in [-0.15, -0.1) is 0 Å². The largest absolute Gasteiger partial charge is 0.508 e. The van der Waals surface area contributed by atoms with E-state index in [0.717, 1.165) is 0 Å². The Balaban J connectivity index is 2.49. The minimum atomic E-state index is -3.79. The van der Waals surface area contributed by atoms with Gasteiger partial charge in [-0.05, 0) is 36.5 Å². The molecule has 0 saturated carbocycles. The molecule has 0 aliphatic heterocycles. The van der Waals surface area contributed by atoms with Gasteiger partial charge in [-0.2, -0.15) is 8.78 Å². The Morgan fingerprint density at radius 2 is 2.12 bits per heavy atom. The third kappa shape index (κ3) is 1.85. The number of hydrogen-bond donors (Lipinski definition) is 2. The number of benzene rings is 1.